The molecule has 0 aliphatic heterocycles. The Morgan fingerprint density at radius 3 is 1.85 bits per heavy atom. The van der Waals surface area contributed by atoms with E-state index in [1.807, 2.05) is 12.1 Å². The highest BCUT2D eigenvalue weighted by Crippen LogP contribution is 2.24. The molecule has 20 heavy (non-hydrogen) atoms. The SMILES string of the molecule is CC(C)c1ccc(S(=O)(=O)NC(C)(C)C(C)(C)O)cc1. The molecule has 0 atom stereocenters. The van der Waals surface area contributed by atoms with Gasteiger partial charge < -0.3 is 5.11 Å². The van der Waals surface area contributed by atoms with Gasteiger partial charge in [-0.3, -0.25) is 0 Å². The molecule has 0 amide bonds. The van der Waals surface area contributed by atoms with Crippen molar-refractivity contribution in [1.82, 2.24) is 4.72 Å². The molecule has 1 rings (SSSR count). The molecule has 0 spiro atoms. The smallest absolute Gasteiger partial charge is 0.241 e. The summed E-state index contributed by atoms with van der Waals surface area (Å²) in [6.45, 7) is 10.6. The number of hydrogen-bond donors (Lipinski definition) is 2. The molecule has 2 N–H and O–H groups in total. The lowest BCUT2D eigenvalue weighted by molar-refractivity contribution is 0.00639. The first-order valence-electron chi connectivity index (χ1n) is 6.73. The summed E-state index contributed by atoms with van der Waals surface area (Å²) in [5.74, 6) is 0.354. The molecule has 0 aliphatic carbocycles. The van der Waals surface area contributed by atoms with Crippen LogP contribution in [0.3, 0.4) is 0 Å². The lowest BCUT2D eigenvalue weighted by atomic mass is 9.87. The average molecular weight is 299 g/mol. The van der Waals surface area contributed by atoms with E-state index < -0.39 is 21.2 Å². The topological polar surface area (TPSA) is 66.4 Å². The van der Waals surface area contributed by atoms with Gasteiger partial charge in [-0.05, 0) is 51.3 Å². The van der Waals surface area contributed by atoms with Crippen molar-refractivity contribution in [3.05, 3.63) is 29.8 Å². The van der Waals surface area contributed by atoms with E-state index in [9.17, 15) is 13.5 Å². The standard InChI is InChI=1S/C15H25NO3S/c1-11(2)12-7-9-13(10-8-12)20(18,19)16-14(3,4)15(5,6)17/h7-11,16-17H,1-6H3. The second-order valence-corrected chi connectivity index (χ2v) is 8.20. The van der Waals surface area contributed by atoms with Crippen LogP contribution in [0.25, 0.3) is 0 Å². The van der Waals surface area contributed by atoms with Crippen LogP contribution in [-0.2, 0) is 10.0 Å². The average Bonchev–Trinajstić information content (AvgIpc) is 2.26. The van der Waals surface area contributed by atoms with Gasteiger partial charge in [0.25, 0.3) is 0 Å². The minimum absolute atomic E-state index is 0.208. The summed E-state index contributed by atoms with van der Waals surface area (Å²) in [7, 11) is -3.65. The Kier molecular flexibility index (Phi) is 4.69. The highest BCUT2D eigenvalue weighted by Gasteiger charge is 2.38. The van der Waals surface area contributed by atoms with E-state index >= 15 is 0 Å². The van der Waals surface area contributed by atoms with Crippen molar-refractivity contribution in [2.75, 3.05) is 0 Å². The van der Waals surface area contributed by atoms with E-state index in [-0.39, 0.29) is 4.90 Å². The number of hydrogen-bond acceptors (Lipinski definition) is 3. The summed E-state index contributed by atoms with van der Waals surface area (Å²) < 4.78 is 27.3. The Morgan fingerprint density at radius 2 is 1.50 bits per heavy atom. The third kappa shape index (κ3) is 3.81. The molecule has 0 aromatic heterocycles. The molecule has 1 aromatic carbocycles. The van der Waals surface area contributed by atoms with Crippen molar-refractivity contribution in [2.45, 2.75) is 63.5 Å². The van der Waals surface area contributed by atoms with Crippen LogP contribution < -0.4 is 4.72 Å². The van der Waals surface area contributed by atoms with Gasteiger partial charge >= 0.3 is 0 Å². The Morgan fingerprint density at radius 1 is 1.05 bits per heavy atom. The van der Waals surface area contributed by atoms with E-state index in [1.165, 1.54) is 0 Å². The van der Waals surface area contributed by atoms with E-state index in [0.29, 0.717) is 5.92 Å². The Balaban J connectivity index is 3.06. The monoisotopic (exact) mass is 299 g/mol. The van der Waals surface area contributed by atoms with E-state index in [2.05, 4.69) is 18.6 Å². The fraction of sp³-hybridized carbons (Fsp3) is 0.600. The summed E-state index contributed by atoms with van der Waals surface area (Å²) in [5.41, 5.74) is -1.05. The Bertz CT molecular complexity index is 552. The summed E-state index contributed by atoms with van der Waals surface area (Å²) in [5, 5.41) is 10.0. The lowest BCUT2D eigenvalue weighted by Gasteiger charge is -2.37. The van der Waals surface area contributed by atoms with Gasteiger partial charge in [-0.2, -0.15) is 0 Å². The molecular formula is C15H25NO3S. The van der Waals surface area contributed by atoms with Crippen molar-refractivity contribution in [3.63, 3.8) is 0 Å². The zero-order valence-electron chi connectivity index (χ0n) is 13.1. The van der Waals surface area contributed by atoms with Gasteiger partial charge in [-0.25, -0.2) is 13.1 Å². The van der Waals surface area contributed by atoms with Crippen LogP contribution in [0.15, 0.2) is 29.2 Å². The quantitative estimate of drug-likeness (QED) is 0.878. The van der Waals surface area contributed by atoms with Crippen LogP contribution in [0.5, 0.6) is 0 Å². The van der Waals surface area contributed by atoms with Gasteiger partial charge in [0.15, 0.2) is 0 Å². The molecular weight excluding hydrogens is 274 g/mol. The van der Waals surface area contributed by atoms with Gasteiger partial charge in [0.2, 0.25) is 10.0 Å². The number of aliphatic hydroxyl groups is 1. The van der Waals surface area contributed by atoms with Gasteiger partial charge in [0.1, 0.15) is 0 Å². The van der Waals surface area contributed by atoms with Crippen LogP contribution in [-0.4, -0.2) is 24.7 Å². The maximum absolute atomic E-state index is 12.4. The molecule has 0 saturated heterocycles. The maximum atomic E-state index is 12.4. The summed E-state index contributed by atoms with van der Waals surface area (Å²) in [6, 6.07) is 6.82. The zero-order valence-corrected chi connectivity index (χ0v) is 13.9. The lowest BCUT2D eigenvalue weighted by Crippen LogP contribution is -2.57. The first kappa shape index (κ1) is 17.1. The highest BCUT2D eigenvalue weighted by atomic mass is 32.2. The normalized spacial score (nSPS) is 13.8. The Hall–Kier alpha value is -0.910. The number of benzene rings is 1. The van der Waals surface area contributed by atoms with Crippen LogP contribution in [0.4, 0.5) is 0 Å². The molecule has 0 fully saturated rings. The first-order chi connectivity index (χ1) is 8.87. The minimum atomic E-state index is -3.65. The zero-order chi connectivity index (χ0) is 15.8. The van der Waals surface area contributed by atoms with E-state index in [0.717, 1.165) is 5.56 Å². The summed E-state index contributed by atoms with van der Waals surface area (Å²) in [6.07, 6.45) is 0. The van der Waals surface area contributed by atoms with Gasteiger partial charge in [-0.1, -0.05) is 26.0 Å². The van der Waals surface area contributed by atoms with Gasteiger partial charge in [-0.15, -0.1) is 0 Å². The molecule has 0 unspecified atom stereocenters. The fourth-order valence-corrected chi connectivity index (χ4v) is 3.09. The third-order valence-corrected chi connectivity index (χ3v) is 5.45. The summed E-state index contributed by atoms with van der Waals surface area (Å²) >= 11 is 0. The fourth-order valence-electron chi connectivity index (χ4n) is 1.55. The van der Waals surface area contributed by atoms with Crippen LogP contribution in [0.2, 0.25) is 0 Å². The molecule has 1 aromatic rings. The van der Waals surface area contributed by atoms with Gasteiger partial charge in [0, 0.05) is 0 Å². The van der Waals surface area contributed by atoms with Crippen molar-refractivity contribution in [1.29, 1.82) is 0 Å². The first-order valence-corrected chi connectivity index (χ1v) is 8.21. The molecule has 4 nitrogen and oxygen atoms in total. The van der Waals surface area contributed by atoms with Crippen molar-refractivity contribution >= 4 is 10.0 Å². The Labute approximate surface area is 122 Å². The predicted octanol–water partition coefficient (Wildman–Crippen LogP) is 2.64. The number of nitrogens with one attached hydrogen (secondary N) is 1. The molecule has 0 saturated carbocycles. The summed E-state index contributed by atoms with van der Waals surface area (Å²) in [4.78, 5) is 0.208. The van der Waals surface area contributed by atoms with Crippen LogP contribution in [0, 0.1) is 0 Å². The van der Waals surface area contributed by atoms with Crippen molar-refractivity contribution in [2.24, 2.45) is 0 Å². The molecule has 0 bridgehead atoms. The molecule has 0 heterocycles. The van der Waals surface area contributed by atoms with Crippen LogP contribution in [0.1, 0.15) is 53.0 Å². The minimum Gasteiger partial charge on any atom is -0.389 e. The third-order valence-electron chi connectivity index (χ3n) is 3.78. The molecule has 114 valence electrons. The predicted molar refractivity (Wildman–Crippen MR) is 81.2 cm³/mol. The highest BCUT2D eigenvalue weighted by molar-refractivity contribution is 7.89. The number of sulfonamides is 1. The number of rotatable bonds is 5. The van der Waals surface area contributed by atoms with Crippen molar-refractivity contribution < 1.29 is 13.5 Å². The van der Waals surface area contributed by atoms with Crippen molar-refractivity contribution in [3.8, 4) is 0 Å². The maximum Gasteiger partial charge on any atom is 0.241 e. The molecule has 5 heteroatoms. The largest absolute Gasteiger partial charge is 0.389 e. The molecule has 0 radical (unpaired) electrons. The second kappa shape index (κ2) is 5.47. The molecule has 0 aliphatic rings. The van der Waals surface area contributed by atoms with E-state index in [1.54, 1.807) is 39.8 Å². The van der Waals surface area contributed by atoms with Crippen LogP contribution >= 0.6 is 0 Å². The second-order valence-electron chi connectivity index (χ2n) is 6.51. The van der Waals surface area contributed by atoms with E-state index in [4.69, 9.17) is 0 Å². The van der Waals surface area contributed by atoms with Gasteiger partial charge in [0.05, 0.1) is 16.0 Å².